The van der Waals surface area contributed by atoms with Gasteiger partial charge in [-0.15, -0.1) is 0 Å². The van der Waals surface area contributed by atoms with Crippen molar-refractivity contribution in [3.63, 3.8) is 0 Å². The van der Waals surface area contributed by atoms with Crippen LogP contribution in [0.5, 0.6) is 5.75 Å². The van der Waals surface area contributed by atoms with Gasteiger partial charge in [0.1, 0.15) is 5.75 Å². The second kappa shape index (κ2) is 6.48. The minimum atomic E-state index is 0.201. The van der Waals surface area contributed by atoms with Crippen molar-refractivity contribution in [3.8, 4) is 5.75 Å². The molecular formula is C13H22N2O. The third-order valence-electron chi connectivity index (χ3n) is 2.03. The molecule has 1 aromatic rings. The molecule has 0 saturated heterocycles. The maximum Gasteiger partial charge on any atom is 0.137 e. The van der Waals surface area contributed by atoms with Gasteiger partial charge in [-0.05, 0) is 38.4 Å². The molecule has 1 heterocycles. The summed E-state index contributed by atoms with van der Waals surface area (Å²) in [6.45, 7) is 10.3. The van der Waals surface area contributed by atoms with Crippen molar-refractivity contribution in [1.29, 1.82) is 0 Å². The average Bonchev–Trinajstić information content (AvgIpc) is 2.19. The van der Waals surface area contributed by atoms with E-state index in [9.17, 15) is 0 Å². The zero-order valence-corrected chi connectivity index (χ0v) is 10.7. The Morgan fingerprint density at radius 3 is 2.50 bits per heavy atom. The largest absolute Gasteiger partial charge is 0.489 e. The number of hydrogen-bond acceptors (Lipinski definition) is 3. The molecule has 0 saturated carbocycles. The molecule has 0 aliphatic rings. The Bertz CT molecular complexity index is 293. The van der Waals surface area contributed by atoms with Gasteiger partial charge in [-0.25, -0.2) is 0 Å². The third kappa shape index (κ3) is 5.12. The maximum atomic E-state index is 5.53. The summed E-state index contributed by atoms with van der Waals surface area (Å²) in [7, 11) is 0. The third-order valence-corrected chi connectivity index (χ3v) is 2.03. The number of nitrogens with zero attached hydrogens (tertiary/aromatic N) is 1. The van der Waals surface area contributed by atoms with Gasteiger partial charge < -0.3 is 10.1 Å². The van der Waals surface area contributed by atoms with Gasteiger partial charge in [0.2, 0.25) is 0 Å². The summed E-state index contributed by atoms with van der Waals surface area (Å²) < 4.78 is 5.53. The highest BCUT2D eigenvalue weighted by Crippen LogP contribution is 2.10. The van der Waals surface area contributed by atoms with Crippen LogP contribution in [0.4, 0.5) is 0 Å². The summed E-state index contributed by atoms with van der Waals surface area (Å²) >= 11 is 0. The molecule has 1 rings (SSSR count). The van der Waals surface area contributed by atoms with Crippen LogP contribution in [0.3, 0.4) is 0 Å². The van der Waals surface area contributed by atoms with Crippen LogP contribution < -0.4 is 10.1 Å². The maximum absolute atomic E-state index is 5.53. The quantitative estimate of drug-likeness (QED) is 0.803. The summed E-state index contributed by atoms with van der Waals surface area (Å²) in [4.78, 5) is 4.34. The van der Waals surface area contributed by atoms with Crippen LogP contribution in [-0.4, -0.2) is 17.6 Å². The van der Waals surface area contributed by atoms with Crippen LogP contribution in [0.15, 0.2) is 18.3 Å². The summed E-state index contributed by atoms with van der Waals surface area (Å²) in [5.41, 5.74) is 1.05. The zero-order valence-electron chi connectivity index (χ0n) is 10.7. The van der Waals surface area contributed by atoms with E-state index in [4.69, 9.17) is 4.74 Å². The number of rotatable bonds is 6. The minimum absolute atomic E-state index is 0.201. The lowest BCUT2D eigenvalue weighted by Gasteiger charge is -2.10. The molecule has 16 heavy (non-hydrogen) atoms. The van der Waals surface area contributed by atoms with Gasteiger partial charge in [-0.3, -0.25) is 4.98 Å². The summed E-state index contributed by atoms with van der Waals surface area (Å²) in [5.74, 6) is 1.51. The van der Waals surface area contributed by atoms with Gasteiger partial charge in [0, 0.05) is 6.54 Å². The second-order valence-corrected chi connectivity index (χ2v) is 4.68. The fourth-order valence-electron chi connectivity index (χ4n) is 1.35. The molecule has 1 N–H and O–H groups in total. The van der Waals surface area contributed by atoms with Crippen molar-refractivity contribution in [3.05, 3.63) is 24.0 Å². The van der Waals surface area contributed by atoms with Gasteiger partial charge >= 0.3 is 0 Å². The molecule has 3 nitrogen and oxygen atoms in total. The van der Waals surface area contributed by atoms with Crippen molar-refractivity contribution in [2.45, 2.75) is 40.3 Å². The van der Waals surface area contributed by atoms with Crippen LogP contribution in [0.2, 0.25) is 0 Å². The first kappa shape index (κ1) is 13.0. The van der Waals surface area contributed by atoms with E-state index < -0.39 is 0 Å². The van der Waals surface area contributed by atoms with E-state index in [1.54, 1.807) is 6.20 Å². The van der Waals surface area contributed by atoms with Crippen LogP contribution in [-0.2, 0) is 6.54 Å². The molecule has 0 spiro atoms. The normalized spacial score (nSPS) is 11.1. The molecule has 0 aromatic carbocycles. The Balaban J connectivity index is 2.39. The fraction of sp³-hybridized carbons (Fsp3) is 0.615. The molecule has 0 bridgehead atoms. The topological polar surface area (TPSA) is 34.1 Å². The van der Waals surface area contributed by atoms with Gasteiger partial charge in [-0.1, -0.05) is 13.8 Å². The first-order valence-electron chi connectivity index (χ1n) is 5.90. The number of hydrogen-bond donors (Lipinski definition) is 1. The molecule has 0 aliphatic heterocycles. The van der Waals surface area contributed by atoms with Crippen LogP contribution in [0.25, 0.3) is 0 Å². The average molecular weight is 222 g/mol. The lowest BCUT2D eigenvalue weighted by Crippen LogP contribution is -2.19. The fourth-order valence-corrected chi connectivity index (χ4v) is 1.35. The van der Waals surface area contributed by atoms with E-state index in [1.807, 2.05) is 26.0 Å². The lowest BCUT2D eigenvalue weighted by atomic mass is 10.2. The monoisotopic (exact) mass is 222 g/mol. The van der Waals surface area contributed by atoms with Gasteiger partial charge in [0.25, 0.3) is 0 Å². The van der Waals surface area contributed by atoms with E-state index in [1.165, 1.54) is 0 Å². The molecule has 1 aromatic heterocycles. The standard InChI is InChI=1S/C13H22N2O/c1-10(2)7-14-8-12-5-6-13(9-15-12)16-11(3)4/h5-6,9-11,14H,7-8H2,1-4H3. The number of nitrogens with one attached hydrogen (secondary N) is 1. The Kier molecular flexibility index (Phi) is 5.26. The summed E-state index contributed by atoms with van der Waals surface area (Å²) in [6.07, 6.45) is 1.98. The smallest absolute Gasteiger partial charge is 0.137 e. The number of aromatic nitrogens is 1. The number of pyridine rings is 1. The van der Waals surface area contributed by atoms with Gasteiger partial charge in [0.05, 0.1) is 18.0 Å². The number of ether oxygens (including phenoxy) is 1. The Hall–Kier alpha value is -1.09. The Labute approximate surface area is 98.2 Å². The van der Waals surface area contributed by atoms with E-state index in [2.05, 4.69) is 24.1 Å². The van der Waals surface area contributed by atoms with Crippen LogP contribution >= 0.6 is 0 Å². The van der Waals surface area contributed by atoms with Crippen molar-refractivity contribution in [2.24, 2.45) is 5.92 Å². The molecule has 0 aliphatic carbocycles. The highest BCUT2D eigenvalue weighted by atomic mass is 16.5. The lowest BCUT2D eigenvalue weighted by molar-refractivity contribution is 0.241. The van der Waals surface area contributed by atoms with Crippen molar-refractivity contribution in [2.75, 3.05) is 6.54 Å². The molecule has 0 radical (unpaired) electrons. The molecule has 0 atom stereocenters. The molecule has 0 fully saturated rings. The van der Waals surface area contributed by atoms with Crippen molar-refractivity contribution >= 4 is 0 Å². The highest BCUT2D eigenvalue weighted by molar-refractivity contribution is 5.19. The van der Waals surface area contributed by atoms with E-state index in [0.29, 0.717) is 5.92 Å². The van der Waals surface area contributed by atoms with Gasteiger partial charge in [0.15, 0.2) is 0 Å². The first-order valence-corrected chi connectivity index (χ1v) is 5.90. The van der Waals surface area contributed by atoms with E-state index >= 15 is 0 Å². The summed E-state index contributed by atoms with van der Waals surface area (Å²) in [5, 5.41) is 3.36. The predicted molar refractivity (Wildman–Crippen MR) is 66.5 cm³/mol. The first-order chi connectivity index (χ1) is 7.58. The predicted octanol–water partition coefficient (Wildman–Crippen LogP) is 2.61. The Morgan fingerprint density at radius 2 is 2.00 bits per heavy atom. The van der Waals surface area contributed by atoms with Crippen molar-refractivity contribution < 1.29 is 4.74 Å². The molecule has 3 heteroatoms. The molecule has 0 unspecified atom stereocenters. The molecular weight excluding hydrogens is 200 g/mol. The summed E-state index contributed by atoms with van der Waals surface area (Å²) in [6, 6.07) is 3.98. The second-order valence-electron chi connectivity index (χ2n) is 4.68. The minimum Gasteiger partial charge on any atom is -0.489 e. The highest BCUT2D eigenvalue weighted by Gasteiger charge is 1.99. The van der Waals surface area contributed by atoms with E-state index in [-0.39, 0.29) is 6.10 Å². The van der Waals surface area contributed by atoms with E-state index in [0.717, 1.165) is 24.5 Å². The van der Waals surface area contributed by atoms with Crippen LogP contribution in [0.1, 0.15) is 33.4 Å². The molecule has 90 valence electrons. The van der Waals surface area contributed by atoms with Crippen LogP contribution in [0, 0.1) is 5.92 Å². The van der Waals surface area contributed by atoms with Gasteiger partial charge in [-0.2, -0.15) is 0 Å². The zero-order chi connectivity index (χ0) is 12.0. The SMILES string of the molecule is CC(C)CNCc1ccc(OC(C)C)cn1. The Morgan fingerprint density at radius 1 is 1.25 bits per heavy atom. The molecule has 0 amide bonds. The van der Waals surface area contributed by atoms with Crippen molar-refractivity contribution in [1.82, 2.24) is 10.3 Å².